The van der Waals surface area contributed by atoms with Gasteiger partial charge in [0.2, 0.25) is 0 Å². The van der Waals surface area contributed by atoms with Gasteiger partial charge in [-0.25, -0.2) is 0 Å². The van der Waals surface area contributed by atoms with Crippen molar-refractivity contribution < 1.29 is 31.0 Å². The summed E-state index contributed by atoms with van der Waals surface area (Å²) in [7, 11) is -8.60. The maximum Gasteiger partial charge on any atom is 0.269 e. The normalized spacial score (nSPS) is 12.7. The highest BCUT2D eigenvalue weighted by atomic mass is 32.2. The van der Waals surface area contributed by atoms with Gasteiger partial charge in [0.15, 0.2) is 0 Å². The predicted octanol–water partition coefficient (Wildman–Crippen LogP) is 1.63. The lowest BCUT2D eigenvalue weighted by atomic mass is 9.98. The van der Waals surface area contributed by atoms with Gasteiger partial charge in [0.1, 0.15) is 17.3 Å². The molecule has 0 atom stereocenters. The van der Waals surface area contributed by atoms with Gasteiger partial charge in [0.05, 0.1) is 0 Å². The molecule has 0 fully saturated rings. The molecule has 3 N–H and O–H groups in total. The Hall–Kier alpha value is -1.68. The number of hydrogen-bond acceptors (Lipinski definition) is 5. The standard InChI is InChI=1S/C13H14O7S2/c1-8-2-3-10-11(12(8)7-22(18,19)20)4-9(5-13(10)14)6-21(15,16)17/h2-5,14H,6-7H2,1H3,(H,15,16,17)(H,18,19,20). The molecule has 7 nitrogen and oxygen atoms in total. The highest BCUT2D eigenvalue weighted by Gasteiger charge is 2.16. The fourth-order valence-corrected chi connectivity index (χ4v) is 3.65. The molecule has 22 heavy (non-hydrogen) atoms. The highest BCUT2D eigenvalue weighted by molar-refractivity contribution is 7.85. The molecule has 2 aromatic carbocycles. The van der Waals surface area contributed by atoms with Gasteiger partial charge in [0.25, 0.3) is 20.2 Å². The van der Waals surface area contributed by atoms with Gasteiger partial charge in [-0.2, -0.15) is 16.8 Å². The maximum absolute atomic E-state index is 11.2. The minimum absolute atomic E-state index is 0.106. The lowest BCUT2D eigenvalue weighted by Gasteiger charge is -2.12. The number of aryl methyl sites for hydroxylation is 1. The first-order valence-corrected chi connectivity index (χ1v) is 9.32. The molecule has 0 aliphatic carbocycles. The minimum atomic E-state index is -4.30. The lowest BCUT2D eigenvalue weighted by Crippen LogP contribution is -2.05. The lowest BCUT2D eigenvalue weighted by molar-refractivity contribution is 0.476. The number of rotatable bonds is 4. The summed E-state index contributed by atoms with van der Waals surface area (Å²) >= 11 is 0. The van der Waals surface area contributed by atoms with Gasteiger partial charge < -0.3 is 5.11 Å². The van der Waals surface area contributed by atoms with Gasteiger partial charge in [-0.05, 0) is 41.1 Å². The van der Waals surface area contributed by atoms with E-state index in [1.54, 1.807) is 19.1 Å². The summed E-state index contributed by atoms with van der Waals surface area (Å²) in [6.07, 6.45) is 0. The number of fused-ring (bicyclic) bond motifs is 1. The molecule has 0 radical (unpaired) electrons. The molecule has 0 unspecified atom stereocenters. The molecule has 0 amide bonds. The molecular formula is C13H14O7S2. The number of hydrogen-bond donors (Lipinski definition) is 3. The zero-order valence-corrected chi connectivity index (χ0v) is 13.1. The van der Waals surface area contributed by atoms with E-state index in [1.165, 1.54) is 12.1 Å². The third kappa shape index (κ3) is 3.95. The average molecular weight is 346 g/mol. The number of phenolic OH excluding ortho intramolecular Hbond substituents is 1. The van der Waals surface area contributed by atoms with Crippen LogP contribution >= 0.6 is 0 Å². The van der Waals surface area contributed by atoms with Crippen molar-refractivity contribution in [1.29, 1.82) is 0 Å². The number of aromatic hydroxyl groups is 1. The molecule has 2 rings (SSSR count). The SMILES string of the molecule is Cc1ccc2c(O)cc(CS(=O)(=O)O)cc2c1CS(=O)(=O)O. The van der Waals surface area contributed by atoms with Crippen molar-refractivity contribution in [2.75, 3.05) is 0 Å². The van der Waals surface area contributed by atoms with Crippen molar-refractivity contribution in [1.82, 2.24) is 0 Å². The summed E-state index contributed by atoms with van der Waals surface area (Å²) in [4.78, 5) is 0. The second-order valence-corrected chi connectivity index (χ2v) is 7.93. The summed E-state index contributed by atoms with van der Waals surface area (Å²) in [5.41, 5.74) is 0.927. The Morgan fingerprint density at radius 2 is 1.50 bits per heavy atom. The molecule has 0 aliphatic heterocycles. The average Bonchev–Trinajstić information content (AvgIpc) is 2.29. The van der Waals surface area contributed by atoms with Crippen molar-refractivity contribution in [3.63, 3.8) is 0 Å². The summed E-state index contributed by atoms with van der Waals surface area (Å²) in [6, 6.07) is 5.70. The Balaban J connectivity index is 2.75. The van der Waals surface area contributed by atoms with Crippen LogP contribution in [0.4, 0.5) is 0 Å². The van der Waals surface area contributed by atoms with Crippen LogP contribution in [-0.4, -0.2) is 31.0 Å². The molecular weight excluding hydrogens is 332 g/mol. The Morgan fingerprint density at radius 1 is 0.909 bits per heavy atom. The van der Waals surface area contributed by atoms with Crippen LogP contribution in [0.15, 0.2) is 24.3 Å². The summed E-state index contributed by atoms with van der Waals surface area (Å²) in [5.74, 6) is -1.62. The van der Waals surface area contributed by atoms with Gasteiger partial charge in [-0.1, -0.05) is 12.1 Å². The van der Waals surface area contributed by atoms with Crippen molar-refractivity contribution in [3.05, 3.63) is 41.0 Å². The zero-order valence-electron chi connectivity index (χ0n) is 11.5. The third-order valence-electron chi connectivity index (χ3n) is 3.19. The van der Waals surface area contributed by atoms with Gasteiger partial charge in [0, 0.05) is 5.39 Å². The van der Waals surface area contributed by atoms with Crippen molar-refractivity contribution in [3.8, 4) is 5.75 Å². The molecule has 0 bridgehead atoms. The van der Waals surface area contributed by atoms with E-state index < -0.39 is 31.7 Å². The van der Waals surface area contributed by atoms with Gasteiger partial charge >= 0.3 is 0 Å². The molecule has 0 spiro atoms. The van der Waals surface area contributed by atoms with Crippen molar-refractivity contribution >= 4 is 31.0 Å². The van der Waals surface area contributed by atoms with E-state index in [0.29, 0.717) is 16.3 Å². The Kier molecular flexibility index (Phi) is 4.18. The highest BCUT2D eigenvalue weighted by Crippen LogP contribution is 2.32. The largest absolute Gasteiger partial charge is 0.507 e. The van der Waals surface area contributed by atoms with E-state index in [9.17, 15) is 21.9 Å². The first-order chi connectivity index (χ1) is 9.96. The van der Waals surface area contributed by atoms with E-state index >= 15 is 0 Å². The molecule has 120 valence electrons. The van der Waals surface area contributed by atoms with Crippen LogP contribution in [0.2, 0.25) is 0 Å². The summed E-state index contributed by atoms with van der Waals surface area (Å²) in [5, 5.41) is 10.6. The van der Waals surface area contributed by atoms with E-state index in [0.717, 1.165) is 0 Å². The molecule has 0 saturated heterocycles. The third-order valence-corrected chi connectivity index (χ3v) is 4.55. The first kappa shape index (κ1) is 16.7. The fraction of sp³-hybridized carbons (Fsp3) is 0.231. The molecule has 0 saturated carbocycles. The predicted molar refractivity (Wildman–Crippen MR) is 80.9 cm³/mol. The van der Waals surface area contributed by atoms with Crippen LogP contribution < -0.4 is 0 Å². The molecule has 2 aromatic rings. The van der Waals surface area contributed by atoms with Crippen LogP contribution in [-0.2, 0) is 31.7 Å². The van der Waals surface area contributed by atoms with Crippen LogP contribution in [0, 0.1) is 6.92 Å². The number of benzene rings is 2. The molecule has 0 aromatic heterocycles. The minimum Gasteiger partial charge on any atom is -0.507 e. The second-order valence-electron chi connectivity index (χ2n) is 5.02. The Morgan fingerprint density at radius 3 is 2.05 bits per heavy atom. The van der Waals surface area contributed by atoms with Crippen molar-refractivity contribution in [2.24, 2.45) is 0 Å². The fourth-order valence-electron chi connectivity index (χ4n) is 2.31. The second kappa shape index (κ2) is 5.51. The topological polar surface area (TPSA) is 129 Å². The smallest absolute Gasteiger partial charge is 0.269 e. The Labute approximate surface area is 127 Å². The Bertz CT molecular complexity index is 944. The zero-order chi connectivity index (χ0) is 16.7. The first-order valence-electron chi connectivity index (χ1n) is 6.11. The summed E-state index contributed by atoms with van der Waals surface area (Å²) in [6.45, 7) is 1.63. The van der Waals surface area contributed by atoms with Gasteiger partial charge in [-0.3, -0.25) is 9.11 Å². The van der Waals surface area contributed by atoms with Crippen LogP contribution in [0.1, 0.15) is 16.7 Å². The van der Waals surface area contributed by atoms with Crippen LogP contribution in [0.3, 0.4) is 0 Å². The van der Waals surface area contributed by atoms with E-state index in [4.69, 9.17) is 9.11 Å². The van der Waals surface area contributed by atoms with E-state index in [2.05, 4.69) is 0 Å². The quantitative estimate of drug-likeness (QED) is 0.717. The van der Waals surface area contributed by atoms with Gasteiger partial charge in [-0.15, -0.1) is 0 Å². The molecule has 9 heteroatoms. The molecule has 0 aliphatic rings. The van der Waals surface area contributed by atoms with E-state index in [-0.39, 0.29) is 16.9 Å². The van der Waals surface area contributed by atoms with E-state index in [1.807, 2.05) is 0 Å². The monoisotopic (exact) mass is 346 g/mol. The van der Waals surface area contributed by atoms with Crippen molar-refractivity contribution in [2.45, 2.75) is 18.4 Å². The summed E-state index contributed by atoms with van der Waals surface area (Å²) < 4.78 is 62.2. The van der Waals surface area contributed by atoms with Crippen LogP contribution in [0.5, 0.6) is 5.75 Å². The molecule has 0 heterocycles. The van der Waals surface area contributed by atoms with Crippen LogP contribution in [0.25, 0.3) is 10.8 Å². The number of phenols is 1. The maximum atomic E-state index is 11.2.